The van der Waals surface area contributed by atoms with Gasteiger partial charge >= 0.3 is 0 Å². The Balaban J connectivity index is 1.97. The molecule has 39 heavy (non-hydrogen) atoms. The quantitative estimate of drug-likeness (QED) is 0.362. The molecule has 0 radical (unpaired) electrons. The first kappa shape index (κ1) is 27.9. The summed E-state index contributed by atoms with van der Waals surface area (Å²) in [6, 6.07) is 12.1. The maximum absolute atomic E-state index is 14.0. The van der Waals surface area contributed by atoms with Gasteiger partial charge in [-0.3, -0.25) is 14.2 Å². The third-order valence-corrected chi connectivity index (χ3v) is 7.54. The van der Waals surface area contributed by atoms with Gasteiger partial charge in [-0.15, -0.1) is 0 Å². The van der Waals surface area contributed by atoms with Gasteiger partial charge in [0.15, 0.2) is 4.80 Å². The van der Waals surface area contributed by atoms with Gasteiger partial charge in [0.25, 0.3) is 11.5 Å². The lowest BCUT2D eigenvalue weighted by atomic mass is 9.93. The number of ether oxygens (including phenoxy) is 3. The fraction of sp³-hybridized carbons (Fsp3) is 0.300. The number of hydrogen-bond donors (Lipinski definition) is 0. The van der Waals surface area contributed by atoms with Gasteiger partial charge in [-0.1, -0.05) is 36.1 Å². The van der Waals surface area contributed by atoms with Crippen LogP contribution >= 0.6 is 11.3 Å². The highest BCUT2D eigenvalue weighted by molar-refractivity contribution is 7.07. The number of carbonyl (C=O) groups excluding carboxylic acids is 1. The summed E-state index contributed by atoms with van der Waals surface area (Å²) in [7, 11) is 3.14. The Morgan fingerprint density at radius 3 is 2.56 bits per heavy atom. The number of benzene rings is 2. The highest BCUT2D eigenvalue weighted by Gasteiger charge is 2.36. The van der Waals surface area contributed by atoms with Crippen molar-refractivity contribution < 1.29 is 19.0 Å². The molecule has 0 fully saturated rings. The molecular formula is C30H33N3O5S. The number of allylic oxidation sites excluding steroid dienone is 1. The third-order valence-electron chi connectivity index (χ3n) is 6.56. The fourth-order valence-corrected chi connectivity index (χ4v) is 5.67. The van der Waals surface area contributed by atoms with Crippen LogP contribution in [0.2, 0.25) is 0 Å². The molecule has 1 aliphatic heterocycles. The monoisotopic (exact) mass is 547 g/mol. The molecule has 1 aliphatic rings. The highest BCUT2D eigenvalue weighted by atomic mass is 32.1. The van der Waals surface area contributed by atoms with Crippen LogP contribution in [0.25, 0.3) is 6.08 Å². The zero-order valence-corrected chi connectivity index (χ0v) is 23.7. The standard InChI is InChI=1S/C30H33N3O5S/c1-7-15-38-22-12-10-11-20(16-22)17-25-28(34)33-27(23-18-21(36-5)13-14-24(23)37-6)26(19(4)31-30(33)39-25)29(35)32(8-2)9-3/h7,10-14,16-18,27H,1,8-9,15H2,2-6H3/b25-17+/t27-/m0/s1. The van der Waals surface area contributed by atoms with Crippen molar-refractivity contribution in [3.05, 3.63) is 97.2 Å². The summed E-state index contributed by atoms with van der Waals surface area (Å²) in [5.74, 6) is 1.64. The lowest BCUT2D eigenvalue weighted by Crippen LogP contribution is -2.43. The van der Waals surface area contributed by atoms with Crippen LogP contribution in [0, 0.1) is 0 Å². The van der Waals surface area contributed by atoms with Crippen molar-refractivity contribution in [2.75, 3.05) is 33.9 Å². The van der Waals surface area contributed by atoms with E-state index in [4.69, 9.17) is 19.2 Å². The minimum atomic E-state index is -0.746. The summed E-state index contributed by atoms with van der Waals surface area (Å²) in [4.78, 5) is 34.8. The van der Waals surface area contributed by atoms with Gasteiger partial charge in [0.1, 0.15) is 29.9 Å². The zero-order valence-electron chi connectivity index (χ0n) is 22.9. The number of amides is 1. The van der Waals surface area contributed by atoms with E-state index in [-0.39, 0.29) is 11.5 Å². The Labute approximate surface area is 231 Å². The summed E-state index contributed by atoms with van der Waals surface area (Å²) >= 11 is 1.28. The molecular weight excluding hydrogens is 514 g/mol. The molecule has 3 aromatic rings. The molecule has 0 saturated heterocycles. The van der Waals surface area contributed by atoms with E-state index < -0.39 is 6.04 Å². The van der Waals surface area contributed by atoms with E-state index in [9.17, 15) is 9.59 Å². The van der Waals surface area contributed by atoms with Crippen molar-refractivity contribution in [2.24, 2.45) is 4.99 Å². The van der Waals surface area contributed by atoms with E-state index in [0.717, 1.165) is 5.56 Å². The smallest absolute Gasteiger partial charge is 0.271 e. The second kappa shape index (κ2) is 12.2. The van der Waals surface area contributed by atoms with Crippen molar-refractivity contribution in [3.63, 3.8) is 0 Å². The summed E-state index contributed by atoms with van der Waals surface area (Å²) < 4.78 is 18.9. The van der Waals surface area contributed by atoms with E-state index >= 15 is 0 Å². The normalized spacial score (nSPS) is 14.9. The molecule has 0 saturated carbocycles. The van der Waals surface area contributed by atoms with Gasteiger partial charge in [-0.25, -0.2) is 4.99 Å². The van der Waals surface area contributed by atoms with Crippen molar-refractivity contribution >= 4 is 23.3 Å². The maximum atomic E-state index is 14.0. The first-order valence-corrected chi connectivity index (χ1v) is 13.6. The SMILES string of the molecule is C=CCOc1cccc(/C=c2/sc3n(c2=O)[C@@H](c2cc(OC)ccc2OC)C(C(=O)N(CC)CC)=C(C)N=3)c1. The average molecular weight is 548 g/mol. The van der Waals surface area contributed by atoms with Crippen LogP contribution in [0.1, 0.15) is 37.9 Å². The van der Waals surface area contributed by atoms with Crippen LogP contribution < -0.4 is 29.1 Å². The number of rotatable bonds is 10. The van der Waals surface area contributed by atoms with Crippen LogP contribution in [0.5, 0.6) is 17.2 Å². The van der Waals surface area contributed by atoms with Crippen molar-refractivity contribution in [1.29, 1.82) is 0 Å². The zero-order chi connectivity index (χ0) is 28.1. The van der Waals surface area contributed by atoms with Crippen molar-refractivity contribution in [1.82, 2.24) is 9.47 Å². The van der Waals surface area contributed by atoms with E-state index in [1.807, 2.05) is 57.2 Å². The number of thiazole rings is 1. The van der Waals surface area contributed by atoms with E-state index in [1.54, 1.807) is 41.9 Å². The molecule has 2 heterocycles. The summed E-state index contributed by atoms with van der Waals surface area (Å²) in [5.41, 5.74) is 2.21. The largest absolute Gasteiger partial charge is 0.497 e. The van der Waals surface area contributed by atoms with E-state index in [2.05, 4.69) is 6.58 Å². The number of likely N-dealkylation sites (N-methyl/N-ethyl adjacent to an activating group) is 1. The van der Waals surface area contributed by atoms with Crippen LogP contribution in [0.15, 0.2) is 76.2 Å². The number of hydrogen-bond acceptors (Lipinski definition) is 7. The Morgan fingerprint density at radius 1 is 1.13 bits per heavy atom. The predicted molar refractivity (Wildman–Crippen MR) is 153 cm³/mol. The molecule has 1 amide bonds. The molecule has 204 valence electrons. The van der Waals surface area contributed by atoms with Crippen molar-refractivity contribution in [2.45, 2.75) is 26.8 Å². The first-order valence-electron chi connectivity index (χ1n) is 12.7. The molecule has 9 heteroatoms. The van der Waals surface area contributed by atoms with Crippen LogP contribution in [-0.2, 0) is 4.79 Å². The van der Waals surface area contributed by atoms with Crippen LogP contribution in [0.4, 0.5) is 0 Å². The molecule has 4 rings (SSSR count). The van der Waals surface area contributed by atoms with Crippen LogP contribution in [0.3, 0.4) is 0 Å². The maximum Gasteiger partial charge on any atom is 0.271 e. The number of fused-ring (bicyclic) bond motifs is 1. The van der Waals surface area contributed by atoms with Gasteiger partial charge in [0.2, 0.25) is 0 Å². The fourth-order valence-electron chi connectivity index (χ4n) is 4.62. The average Bonchev–Trinajstić information content (AvgIpc) is 3.25. The Bertz CT molecular complexity index is 1600. The lowest BCUT2D eigenvalue weighted by Gasteiger charge is -2.30. The summed E-state index contributed by atoms with van der Waals surface area (Å²) in [6.45, 7) is 10.8. The van der Waals surface area contributed by atoms with Crippen LogP contribution in [-0.4, -0.2) is 49.3 Å². The number of carbonyl (C=O) groups is 1. The summed E-state index contributed by atoms with van der Waals surface area (Å²) in [6.07, 6.45) is 3.49. The minimum Gasteiger partial charge on any atom is -0.497 e. The molecule has 0 unspecified atom stereocenters. The van der Waals surface area contributed by atoms with Gasteiger partial charge < -0.3 is 19.1 Å². The summed E-state index contributed by atoms with van der Waals surface area (Å²) in [5, 5.41) is 0. The van der Waals surface area contributed by atoms with E-state index in [0.29, 0.717) is 63.1 Å². The topological polar surface area (TPSA) is 82.4 Å². The first-order chi connectivity index (χ1) is 18.9. The molecule has 1 aromatic heterocycles. The molecule has 0 aliphatic carbocycles. The molecule has 8 nitrogen and oxygen atoms in total. The predicted octanol–water partition coefficient (Wildman–Crippen LogP) is 3.69. The van der Waals surface area contributed by atoms with Crippen molar-refractivity contribution in [3.8, 4) is 17.2 Å². The van der Waals surface area contributed by atoms with Gasteiger partial charge in [0, 0.05) is 18.7 Å². The second-order valence-electron chi connectivity index (χ2n) is 8.84. The number of nitrogens with zero attached hydrogens (tertiary/aromatic N) is 3. The van der Waals surface area contributed by atoms with Gasteiger partial charge in [-0.2, -0.15) is 0 Å². The lowest BCUT2D eigenvalue weighted by molar-refractivity contribution is -0.127. The Hall–Kier alpha value is -4.11. The number of methoxy groups -OCH3 is 2. The molecule has 2 aromatic carbocycles. The molecule has 1 atom stereocenters. The number of aromatic nitrogens is 1. The Morgan fingerprint density at radius 2 is 1.90 bits per heavy atom. The van der Waals surface area contributed by atoms with Gasteiger partial charge in [-0.05, 0) is 62.7 Å². The van der Waals surface area contributed by atoms with Gasteiger partial charge in [0.05, 0.1) is 30.0 Å². The third kappa shape index (κ3) is 5.54. The molecule has 0 N–H and O–H groups in total. The molecule has 0 bridgehead atoms. The highest BCUT2D eigenvalue weighted by Crippen LogP contribution is 2.38. The second-order valence-corrected chi connectivity index (χ2v) is 9.85. The molecule has 0 spiro atoms. The Kier molecular flexibility index (Phi) is 8.71. The minimum absolute atomic E-state index is 0.169. The van der Waals surface area contributed by atoms with E-state index in [1.165, 1.54) is 11.3 Å².